The van der Waals surface area contributed by atoms with Crippen LogP contribution in [0.4, 0.5) is 0 Å². The molecular formula is C15H25N5O2. The van der Waals surface area contributed by atoms with Crippen LogP contribution >= 0.6 is 0 Å². The highest BCUT2D eigenvalue weighted by molar-refractivity contribution is 5.78. The number of aromatic nitrogens is 3. The molecule has 1 aliphatic heterocycles. The van der Waals surface area contributed by atoms with Crippen molar-refractivity contribution < 1.29 is 9.53 Å². The summed E-state index contributed by atoms with van der Waals surface area (Å²) in [6.07, 6.45) is 2.58. The van der Waals surface area contributed by atoms with E-state index in [0.717, 1.165) is 18.2 Å². The van der Waals surface area contributed by atoms with Gasteiger partial charge in [0.15, 0.2) is 0 Å². The summed E-state index contributed by atoms with van der Waals surface area (Å²) in [5, 5.41) is 8.66. The number of ether oxygens (including phenoxy) is 1. The predicted molar refractivity (Wildman–Crippen MR) is 81.3 cm³/mol. The van der Waals surface area contributed by atoms with Gasteiger partial charge in [-0.15, -0.1) is 5.10 Å². The Hall–Kier alpha value is -1.47. The molecule has 1 aliphatic carbocycles. The average molecular weight is 307 g/mol. The lowest BCUT2D eigenvalue weighted by molar-refractivity contribution is -0.133. The van der Waals surface area contributed by atoms with Crippen LogP contribution < -0.4 is 0 Å². The Morgan fingerprint density at radius 3 is 2.82 bits per heavy atom. The minimum Gasteiger partial charge on any atom is -0.384 e. The van der Waals surface area contributed by atoms with Gasteiger partial charge in [0.05, 0.1) is 25.4 Å². The van der Waals surface area contributed by atoms with E-state index in [4.69, 9.17) is 4.74 Å². The van der Waals surface area contributed by atoms with Gasteiger partial charge in [0.25, 0.3) is 0 Å². The summed E-state index contributed by atoms with van der Waals surface area (Å²) >= 11 is 0. The predicted octanol–water partition coefficient (Wildman–Crippen LogP) is 0.322. The molecule has 7 heteroatoms. The molecule has 0 aromatic carbocycles. The zero-order valence-electron chi connectivity index (χ0n) is 13.7. The van der Waals surface area contributed by atoms with E-state index in [1.807, 2.05) is 28.6 Å². The summed E-state index contributed by atoms with van der Waals surface area (Å²) in [5.41, 5.74) is 2.10. The van der Waals surface area contributed by atoms with E-state index in [2.05, 4.69) is 10.3 Å². The molecule has 3 rings (SSSR count). The van der Waals surface area contributed by atoms with Crippen molar-refractivity contribution in [2.75, 3.05) is 40.9 Å². The number of nitrogens with zero attached hydrogens (tertiary/aromatic N) is 5. The lowest BCUT2D eigenvalue weighted by Crippen LogP contribution is -2.43. The molecule has 0 bridgehead atoms. The van der Waals surface area contributed by atoms with Crippen LogP contribution in [0.15, 0.2) is 0 Å². The van der Waals surface area contributed by atoms with Crippen LogP contribution in [0.2, 0.25) is 0 Å². The zero-order chi connectivity index (χ0) is 15.7. The van der Waals surface area contributed by atoms with Crippen LogP contribution in [0.1, 0.15) is 30.1 Å². The normalized spacial score (nSPS) is 21.3. The summed E-state index contributed by atoms with van der Waals surface area (Å²) in [5.74, 6) is 1.05. The molecule has 1 aromatic rings. The molecule has 7 nitrogen and oxygen atoms in total. The van der Waals surface area contributed by atoms with Crippen molar-refractivity contribution in [3.8, 4) is 0 Å². The summed E-state index contributed by atoms with van der Waals surface area (Å²) in [6.45, 7) is 3.22. The van der Waals surface area contributed by atoms with E-state index < -0.39 is 0 Å². The number of carbonyl (C=O) groups excluding carboxylic acids is 1. The SMILES string of the molecule is COCC1CN(C(=O)CN(C)C)Cc2nnn(CC3CC3)c21. The second-order valence-electron chi connectivity index (χ2n) is 6.71. The van der Waals surface area contributed by atoms with E-state index >= 15 is 0 Å². The number of carbonyl (C=O) groups is 1. The Kier molecular flexibility index (Phi) is 4.44. The summed E-state index contributed by atoms with van der Waals surface area (Å²) < 4.78 is 7.42. The molecule has 22 heavy (non-hydrogen) atoms. The molecule has 2 heterocycles. The van der Waals surface area contributed by atoms with Crippen LogP contribution in [0.5, 0.6) is 0 Å². The van der Waals surface area contributed by atoms with Crippen molar-refractivity contribution in [1.29, 1.82) is 0 Å². The van der Waals surface area contributed by atoms with Gasteiger partial charge in [-0.1, -0.05) is 5.21 Å². The van der Waals surface area contributed by atoms with Gasteiger partial charge >= 0.3 is 0 Å². The van der Waals surface area contributed by atoms with Crippen LogP contribution in [-0.2, 0) is 22.6 Å². The number of likely N-dealkylation sites (N-methyl/N-ethyl adjacent to an activating group) is 1. The maximum Gasteiger partial charge on any atom is 0.237 e. The smallest absolute Gasteiger partial charge is 0.237 e. The molecule has 0 radical (unpaired) electrons. The maximum absolute atomic E-state index is 12.4. The molecule has 1 aromatic heterocycles. The number of amides is 1. The fourth-order valence-corrected chi connectivity index (χ4v) is 3.09. The number of fused-ring (bicyclic) bond motifs is 1. The van der Waals surface area contributed by atoms with E-state index in [-0.39, 0.29) is 11.8 Å². The van der Waals surface area contributed by atoms with E-state index in [0.29, 0.717) is 26.2 Å². The van der Waals surface area contributed by atoms with Crippen molar-refractivity contribution in [2.24, 2.45) is 5.92 Å². The van der Waals surface area contributed by atoms with Crippen molar-refractivity contribution >= 4 is 5.91 Å². The average Bonchev–Trinajstić information content (AvgIpc) is 3.18. The Labute approximate surface area is 131 Å². The van der Waals surface area contributed by atoms with Gasteiger partial charge in [0, 0.05) is 26.1 Å². The lowest BCUT2D eigenvalue weighted by Gasteiger charge is -2.33. The van der Waals surface area contributed by atoms with Gasteiger partial charge in [-0.2, -0.15) is 0 Å². The van der Waals surface area contributed by atoms with Gasteiger partial charge in [-0.3, -0.25) is 4.79 Å². The fraction of sp³-hybridized carbons (Fsp3) is 0.800. The number of methoxy groups -OCH3 is 1. The first-order valence-electron chi connectivity index (χ1n) is 7.92. The summed E-state index contributed by atoms with van der Waals surface area (Å²) in [6, 6.07) is 0. The Morgan fingerprint density at radius 1 is 1.41 bits per heavy atom. The molecule has 0 N–H and O–H groups in total. The van der Waals surface area contributed by atoms with Crippen molar-refractivity contribution in [3.05, 3.63) is 11.4 Å². The third-order valence-corrected chi connectivity index (χ3v) is 4.32. The Morgan fingerprint density at radius 2 is 2.18 bits per heavy atom. The minimum atomic E-state index is 0.133. The molecular weight excluding hydrogens is 282 g/mol. The number of rotatable bonds is 6. The maximum atomic E-state index is 12.4. The first-order chi connectivity index (χ1) is 10.6. The van der Waals surface area contributed by atoms with E-state index in [9.17, 15) is 4.79 Å². The molecule has 1 amide bonds. The van der Waals surface area contributed by atoms with Gasteiger partial charge in [0.1, 0.15) is 5.69 Å². The molecule has 0 spiro atoms. The Balaban J connectivity index is 1.79. The Bertz CT molecular complexity index is 538. The quantitative estimate of drug-likeness (QED) is 0.757. The van der Waals surface area contributed by atoms with Crippen molar-refractivity contribution in [2.45, 2.75) is 31.8 Å². The summed E-state index contributed by atoms with van der Waals surface area (Å²) in [7, 11) is 5.52. The number of hydrogen-bond donors (Lipinski definition) is 0. The van der Waals surface area contributed by atoms with Crippen LogP contribution in [0.3, 0.4) is 0 Å². The first-order valence-corrected chi connectivity index (χ1v) is 7.92. The second-order valence-corrected chi connectivity index (χ2v) is 6.71. The molecule has 1 fully saturated rings. The van der Waals surface area contributed by atoms with Crippen LogP contribution in [-0.4, -0.2) is 71.6 Å². The fourth-order valence-electron chi connectivity index (χ4n) is 3.09. The molecule has 1 unspecified atom stereocenters. The zero-order valence-corrected chi connectivity index (χ0v) is 13.7. The van der Waals surface area contributed by atoms with Gasteiger partial charge < -0.3 is 14.5 Å². The van der Waals surface area contributed by atoms with Gasteiger partial charge in [-0.05, 0) is 32.9 Å². The third-order valence-electron chi connectivity index (χ3n) is 4.32. The van der Waals surface area contributed by atoms with Gasteiger partial charge in [0.2, 0.25) is 5.91 Å². The van der Waals surface area contributed by atoms with Crippen LogP contribution in [0.25, 0.3) is 0 Å². The van der Waals surface area contributed by atoms with E-state index in [1.54, 1.807) is 7.11 Å². The molecule has 1 saturated carbocycles. The second kappa shape index (κ2) is 6.34. The van der Waals surface area contributed by atoms with E-state index in [1.165, 1.54) is 18.5 Å². The van der Waals surface area contributed by atoms with Gasteiger partial charge in [-0.25, -0.2) is 4.68 Å². The van der Waals surface area contributed by atoms with Crippen LogP contribution in [0, 0.1) is 5.92 Å². The summed E-state index contributed by atoms with van der Waals surface area (Å²) in [4.78, 5) is 16.1. The standard InChI is InChI=1S/C15H25N5O2/c1-18(2)9-14(21)19-7-12(10-22-3)15-13(8-19)16-17-20(15)6-11-4-5-11/h11-12H,4-10H2,1-3H3. The largest absolute Gasteiger partial charge is 0.384 e. The topological polar surface area (TPSA) is 63.5 Å². The monoisotopic (exact) mass is 307 g/mol. The molecule has 2 aliphatic rings. The van der Waals surface area contributed by atoms with Crippen molar-refractivity contribution in [1.82, 2.24) is 24.8 Å². The third kappa shape index (κ3) is 3.30. The molecule has 1 atom stereocenters. The van der Waals surface area contributed by atoms with Crippen molar-refractivity contribution in [3.63, 3.8) is 0 Å². The first kappa shape index (κ1) is 15.4. The molecule has 0 saturated heterocycles. The highest BCUT2D eigenvalue weighted by atomic mass is 16.5. The minimum absolute atomic E-state index is 0.133. The lowest BCUT2D eigenvalue weighted by atomic mass is 9.98. The molecule has 122 valence electrons. The highest BCUT2D eigenvalue weighted by Gasteiger charge is 2.34. The highest BCUT2D eigenvalue weighted by Crippen LogP contribution is 2.33. The number of hydrogen-bond acceptors (Lipinski definition) is 5.